The first-order valence-electron chi connectivity index (χ1n) is 5.74. The number of amides is 1. The minimum atomic E-state index is 0.110. The SMILES string of the molecule is CN(CC1CCOCC1)C(=O)c1sccc1Br. The molecule has 0 spiro atoms. The highest BCUT2D eigenvalue weighted by Gasteiger charge is 2.21. The Bertz CT molecular complexity index is 388. The van der Waals surface area contributed by atoms with Gasteiger partial charge in [-0.3, -0.25) is 4.79 Å². The predicted molar refractivity (Wildman–Crippen MR) is 72.5 cm³/mol. The molecule has 1 fully saturated rings. The van der Waals surface area contributed by atoms with Crippen LogP contribution >= 0.6 is 27.3 Å². The summed E-state index contributed by atoms with van der Waals surface area (Å²) in [6.07, 6.45) is 2.12. The van der Waals surface area contributed by atoms with Crippen molar-refractivity contribution >= 4 is 33.2 Å². The molecule has 1 aliphatic rings. The number of thiophene rings is 1. The summed E-state index contributed by atoms with van der Waals surface area (Å²) >= 11 is 4.89. The molecule has 1 aromatic heterocycles. The van der Waals surface area contributed by atoms with Gasteiger partial charge in [-0.25, -0.2) is 0 Å². The molecule has 0 aromatic carbocycles. The zero-order valence-electron chi connectivity index (χ0n) is 9.82. The molecule has 0 radical (unpaired) electrons. The van der Waals surface area contributed by atoms with Gasteiger partial charge >= 0.3 is 0 Å². The van der Waals surface area contributed by atoms with Gasteiger partial charge in [0, 0.05) is 31.3 Å². The molecular formula is C12H16BrNO2S. The summed E-state index contributed by atoms with van der Waals surface area (Å²) in [6, 6.07) is 1.92. The molecule has 2 heterocycles. The van der Waals surface area contributed by atoms with Crippen LogP contribution in [0.25, 0.3) is 0 Å². The fourth-order valence-electron chi connectivity index (χ4n) is 2.02. The maximum absolute atomic E-state index is 12.2. The minimum Gasteiger partial charge on any atom is -0.381 e. The standard InChI is InChI=1S/C12H16BrNO2S/c1-14(8-9-2-5-16-6-3-9)12(15)11-10(13)4-7-17-11/h4,7,9H,2-3,5-6,8H2,1H3. The van der Waals surface area contributed by atoms with E-state index in [1.807, 2.05) is 23.4 Å². The molecule has 0 aliphatic carbocycles. The number of carbonyl (C=O) groups is 1. The smallest absolute Gasteiger partial charge is 0.264 e. The summed E-state index contributed by atoms with van der Waals surface area (Å²) in [5, 5.41) is 1.93. The lowest BCUT2D eigenvalue weighted by Crippen LogP contribution is -2.33. The molecule has 0 N–H and O–H groups in total. The van der Waals surface area contributed by atoms with Crippen molar-refractivity contribution < 1.29 is 9.53 Å². The second kappa shape index (κ2) is 5.98. The summed E-state index contributed by atoms with van der Waals surface area (Å²) in [5.74, 6) is 0.690. The number of ether oxygens (including phenoxy) is 1. The lowest BCUT2D eigenvalue weighted by atomic mass is 10.00. The van der Waals surface area contributed by atoms with Crippen LogP contribution in [-0.2, 0) is 4.74 Å². The van der Waals surface area contributed by atoms with E-state index in [0.29, 0.717) is 5.92 Å². The van der Waals surface area contributed by atoms with Crippen LogP contribution in [0.15, 0.2) is 15.9 Å². The molecule has 5 heteroatoms. The summed E-state index contributed by atoms with van der Waals surface area (Å²) in [5.41, 5.74) is 0. The van der Waals surface area contributed by atoms with Crippen molar-refractivity contribution in [3.63, 3.8) is 0 Å². The van der Waals surface area contributed by atoms with Gasteiger partial charge in [0.05, 0.1) is 0 Å². The van der Waals surface area contributed by atoms with Crippen molar-refractivity contribution in [1.29, 1.82) is 0 Å². The third kappa shape index (κ3) is 3.30. The largest absolute Gasteiger partial charge is 0.381 e. The van der Waals surface area contributed by atoms with E-state index in [2.05, 4.69) is 15.9 Å². The Hall–Kier alpha value is -0.390. The molecule has 2 rings (SSSR count). The number of rotatable bonds is 3. The van der Waals surface area contributed by atoms with Gasteiger partial charge in [-0.05, 0) is 46.1 Å². The van der Waals surface area contributed by atoms with Gasteiger partial charge in [-0.15, -0.1) is 11.3 Å². The first kappa shape index (κ1) is 13.1. The first-order valence-corrected chi connectivity index (χ1v) is 7.42. The van der Waals surface area contributed by atoms with Gasteiger partial charge in [-0.1, -0.05) is 0 Å². The van der Waals surface area contributed by atoms with Crippen molar-refractivity contribution in [2.24, 2.45) is 5.92 Å². The predicted octanol–water partition coefficient (Wildman–Crippen LogP) is 3.01. The van der Waals surface area contributed by atoms with Crippen molar-refractivity contribution in [3.8, 4) is 0 Å². The quantitative estimate of drug-likeness (QED) is 0.857. The van der Waals surface area contributed by atoms with E-state index in [0.717, 1.165) is 42.0 Å². The van der Waals surface area contributed by atoms with Crippen LogP contribution in [0.4, 0.5) is 0 Å². The second-order valence-corrected chi connectivity index (χ2v) is 6.11. The molecular weight excluding hydrogens is 302 g/mol. The van der Waals surface area contributed by atoms with E-state index in [1.165, 1.54) is 11.3 Å². The van der Waals surface area contributed by atoms with Crippen molar-refractivity contribution in [2.75, 3.05) is 26.8 Å². The summed E-state index contributed by atoms with van der Waals surface area (Å²) in [4.78, 5) is 14.8. The zero-order valence-corrected chi connectivity index (χ0v) is 12.2. The van der Waals surface area contributed by atoms with Crippen LogP contribution in [-0.4, -0.2) is 37.6 Å². The monoisotopic (exact) mass is 317 g/mol. The number of halogens is 1. The van der Waals surface area contributed by atoms with Gasteiger partial charge < -0.3 is 9.64 Å². The fraction of sp³-hybridized carbons (Fsp3) is 0.583. The third-order valence-corrected chi connectivity index (χ3v) is 4.86. The summed E-state index contributed by atoms with van der Waals surface area (Å²) in [6.45, 7) is 2.48. The molecule has 1 saturated heterocycles. The number of hydrogen-bond acceptors (Lipinski definition) is 3. The van der Waals surface area contributed by atoms with E-state index in [1.54, 1.807) is 0 Å². The molecule has 1 aromatic rings. The molecule has 0 bridgehead atoms. The van der Waals surface area contributed by atoms with Gasteiger partial charge in [0.15, 0.2) is 0 Å². The molecule has 3 nitrogen and oxygen atoms in total. The van der Waals surface area contributed by atoms with Gasteiger partial charge in [0.25, 0.3) is 5.91 Å². The molecule has 94 valence electrons. The third-order valence-electron chi connectivity index (χ3n) is 3.03. The van der Waals surface area contributed by atoms with Crippen LogP contribution in [0.3, 0.4) is 0 Å². The van der Waals surface area contributed by atoms with E-state index < -0.39 is 0 Å². The Morgan fingerprint density at radius 3 is 2.88 bits per heavy atom. The van der Waals surface area contributed by atoms with Crippen LogP contribution in [0, 0.1) is 5.92 Å². The molecule has 0 atom stereocenters. The van der Waals surface area contributed by atoms with Crippen LogP contribution in [0.2, 0.25) is 0 Å². The van der Waals surface area contributed by atoms with Crippen LogP contribution in [0.5, 0.6) is 0 Å². The molecule has 0 saturated carbocycles. The van der Waals surface area contributed by atoms with Crippen LogP contribution in [0.1, 0.15) is 22.5 Å². The number of nitrogens with zero attached hydrogens (tertiary/aromatic N) is 1. The second-order valence-electron chi connectivity index (χ2n) is 4.34. The topological polar surface area (TPSA) is 29.5 Å². The lowest BCUT2D eigenvalue weighted by molar-refractivity contribution is 0.0499. The maximum Gasteiger partial charge on any atom is 0.264 e. The zero-order chi connectivity index (χ0) is 12.3. The Kier molecular flexibility index (Phi) is 4.59. The Labute approximate surface area is 114 Å². The Balaban J connectivity index is 1.93. The van der Waals surface area contributed by atoms with Crippen LogP contribution < -0.4 is 0 Å². The van der Waals surface area contributed by atoms with Gasteiger partial charge in [-0.2, -0.15) is 0 Å². The highest BCUT2D eigenvalue weighted by atomic mass is 79.9. The Morgan fingerprint density at radius 2 is 2.29 bits per heavy atom. The Morgan fingerprint density at radius 1 is 1.59 bits per heavy atom. The highest BCUT2D eigenvalue weighted by Crippen LogP contribution is 2.25. The average Bonchev–Trinajstić information content (AvgIpc) is 2.76. The summed E-state index contributed by atoms with van der Waals surface area (Å²) in [7, 11) is 1.88. The van der Waals surface area contributed by atoms with Gasteiger partial charge in [0.2, 0.25) is 0 Å². The normalized spacial score (nSPS) is 17.1. The van der Waals surface area contributed by atoms with E-state index in [9.17, 15) is 4.79 Å². The fourth-order valence-corrected chi connectivity index (χ4v) is 3.55. The number of carbonyl (C=O) groups excluding carboxylic acids is 1. The van der Waals surface area contributed by atoms with E-state index in [4.69, 9.17) is 4.74 Å². The number of hydrogen-bond donors (Lipinski definition) is 0. The minimum absolute atomic E-state index is 0.110. The molecule has 1 aliphatic heterocycles. The molecule has 17 heavy (non-hydrogen) atoms. The summed E-state index contributed by atoms with van der Waals surface area (Å²) < 4.78 is 6.22. The lowest BCUT2D eigenvalue weighted by Gasteiger charge is -2.27. The van der Waals surface area contributed by atoms with Crippen molar-refractivity contribution in [1.82, 2.24) is 4.90 Å². The van der Waals surface area contributed by atoms with Crippen molar-refractivity contribution in [3.05, 3.63) is 20.8 Å². The van der Waals surface area contributed by atoms with E-state index in [-0.39, 0.29) is 5.91 Å². The molecule has 1 amide bonds. The molecule has 0 unspecified atom stereocenters. The maximum atomic E-state index is 12.2. The highest BCUT2D eigenvalue weighted by molar-refractivity contribution is 9.10. The first-order chi connectivity index (χ1) is 8.18. The van der Waals surface area contributed by atoms with Gasteiger partial charge in [0.1, 0.15) is 4.88 Å². The van der Waals surface area contributed by atoms with E-state index >= 15 is 0 Å². The average molecular weight is 318 g/mol. The van der Waals surface area contributed by atoms with Crippen molar-refractivity contribution in [2.45, 2.75) is 12.8 Å².